The van der Waals surface area contributed by atoms with E-state index in [1.807, 2.05) is 48.5 Å². The normalized spacial score (nSPS) is 15.6. The lowest BCUT2D eigenvalue weighted by atomic mass is 9.82. The number of amides is 3. The van der Waals surface area contributed by atoms with Crippen LogP contribution in [0.15, 0.2) is 66.7 Å². The van der Waals surface area contributed by atoms with Gasteiger partial charge in [-0.05, 0) is 56.9 Å². The Bertz CT molecular complexity index is 2290. The van der Waals surface area contributed by atoms with Gasteiger partial charge in [-0.15, -0.1) is 0 Å². The molecule has 0 saturated carbocycles. The molecule has 0 aliphatic carbocycles. The van der Waals surface area contributed by atoms with Crippen LogP contribution in [0, 0.1) is 0 Å². The fourth-order valence-electron chi connectivity index (χ4n) is 8.58. The number of imide groups is 1. The molecule has 0 radical (unpaired) electrons. The van der Waals surface area contributed by atoms with Crippen LogP contribution in [-0.4, -0.2) is 48.5 Å². The number of carbonyl (C=O) groups excluding carboxylic acids is 3. The number of anilines is 1. The third kappa shape index (κ3) is 5.34. The molecule has 2 aliphatic rings. The van der Waals surface area contributed by atoms with Crippen LogP contribution in [0.2, 0.25) is 0 Å². The zero-order valence-electron chi connectivity index (χ0n) is 30.1. The fourth-order valence-corrected chi connectivity index (χ4v) is 8.58. The van der Waals surface area contributed by atoms with Gasteiger partial charge in [0.05, 0.1) is 19.9 Å². The van der Waals surface area contributed by atoms with Gasteiger partial charge in [0.25, 0.3) is 17.7 Å². The van der Waals surface area contributed by atoms with E-state index in [2.05, 4.69) is 6.92 Å². The van der Waals surface area contributed by atoms with Gasteiger partial charge >= 0.3 is 0 Å². The molecule has 0 fully saturated rings. The molecule has 8 rings (SSSR count). The Labute approximate surface area is 303 Å². The number of carbonyl (C=O) groups is 3. The van der Waals surface area contributed by atoms with E-state index < -0.39 is 6.23 Å². The molecule has 1 unspecified atom stereocenters. The summed E-state index contributed by atoms with van der Waals surface area (Å²) in [6.07, 6.45) is 10.6. The first-order valence-electron chi connectivity index (χ1n) is 18.7. The third-order valence-electron chi connectivity index (χ3n) is 11.2. The number of hydrogen-bond acceptors (Lipinski definition) is 6. The van der Waals surface area contributed by atoms with Gasteiger partial charge in [0.1, 0.15) is 11.5 Å². The van der Waals surface area contributed by atoms with Crippen molar-refractivity contribution >= 4 is 66.5 Å². The summed E-state index contributed by atoms with van der Waals surface area (Å²) in [6.45, 7) is 2.66. The molecule has 52 heavy (non-hydrogen) atoms. The second kappa shape index (κ2) is 13.7. The molecule has 1 N–H and O–H groups in total. The van der Waals surface area contributed by atoms with Crippen LogP contribution in [0.25, 0.3) is 43.1 Å². The van der Waals surface area contributed by atoms with E-state index >= 15 is 0 Å². The number of aliphatic hydroxyl groups excluding tert-OH is 1. The van der Waals surface area contributed by atoms with Gasteiger partial charge in [-0.2, -0.15) is 0 Å². The monoisotopic (exact) mass is 696 g/mol. The molecule has 8 heteroatoms. The Morgan fingerprint density at radius 3 is 1.54 bits per heavy atom. The first kappa shape index (κ1) is 33.9. The molecule has 6 aromatic carbocycles. The van der Waals surface area contributed by atoms with Gasteiger partial charge in [-0.1, -0.05) is 95.0 Å². The predicted molar refractivity (Wildman–Crippen MR) is 206 cm³/mol. The van der Waals surface area contributed by atoms with Crippen molar-refractivity contribution in [2.24, 2.45) is 0 Å². The molecule has 0 spiro atoms. The lowest BCUT2D eigenvalue weighted by Crippen LogP contribution is -2.40. The Balaban J connectivity index is 1.13. The third-order valence-corrected chi connectivity index (χ3v) is 11.2. The van der Waals surface area contributed by atoms with Crippen molar-refractivity contribution in [2.75, 3.05) is 25.7 Å². The van der Waals surface area contributed by atoms with Crippen molar-refractivity contribution in [2.45, 2.75) is 77.4 Å². The van der Waals surface area contributed by atoms with Gasteiger partial charge in [0, 0.05) is 57.8 Å². The molecule has 8 nitrogen and oxygen atoms in total. The van der Waals surface area contributed by atoms with E-state index in [1.54, 1.807) is 32.4 Å². The second-order valence-corrected chi connectivity index (χ2v) is 14.2. The van der Waals surface area contributed by atoms with Crippen LogP contribution < -0.4 is 14.4 Å². The van der Waals surface area contributed by atoms with Crippen LogP contribution in [0.5, 0.6) is 11.5 Å². The molecular formula is C44H44N2O6. The first-order chi connectivity index (χ1) is 25.4. The smallest absolute Gasteiger partial charge is 0.261 e. The molecule has 2 aliphatic heterocycles. The van der Waals surface area contributed by atoms with Gasteiger partial charge in [0.15, 0.2) is 6.23 Å². The van der Waals surface area contributed by atoms with E-state index in [-0.39, 0.29) is 17.7 Å². The van der Waals surface area contributed by atoms with Crippen LogP contribution in [0.3, 0.4) is 0 Å². The zero-order chi connectivity index (χ0) is 36.1. The van der Waals surface area contributed by atoms with Gasteiger partial charge in [0.2, 0.25) is 0 Å². The maximum atomic E-state index is 14.2. The minimum atomic E-state index is -1.25. The van der Waals surface area contributed by atoms with E-state index in [9.17, 15) is 19.5 Å². The topological polar surface area (TPSA) is 96.4 Å². The maximum Gasteiger partial charge on any atom is 0.261 e. The number of fused-ring (bicyclic) bond motifs is 2. The van der Waals surface area contributed by atoms with E-state index in [1.165, 1.54) is 54.7 Å². The summed E-state index contributed by atoms with van der Waals surface area (Å²) in [7, 11) is 3.08. The summed E-state index contributed by atoms with van der Waals surface area (Å²) in [5.74, 6) is 0.183. The van der Waals surface area contributed by atoms with Crippen molar-refractivity contribution in [3.05, 3.63) is 89.0 Å². The van der Waals surface area contributed by atoms with E-state index in [0.29, 0.717) is 56.8 Å². The largest absolute Gasteiger partial charge is 0.497 e. The summed E-state index contributed by atoms with van der Waals surface area (Å²) in [4.78, 5) is 44.9. The number of ether oxygens (including phenoxy) is 2. The highest BCUT2D eigenvalue weighted by Crippen LogP contribution is 2.48. The molecule has 0 saturated heterocycles. The van der Waals surface area contributed by atoms with Crippen molar-refractivity contribution in [3.63, 3.8) is 0 Å². The second-order valence-electron chi connectivity index (χ2n) is 14.2. The van der Waals surface area contributed by atoms with Crippen molar-refractivity contribution in [3.8, 4) is 11.5 Å². The van der Waals surface area contributed by atoms with Crippen LogP contribution in [0.4, 0.5) is 5.69 Å². The lowest BCUT2D eigenvalue weighted by Gasteiger charge is -2.35. The van der Waals surface area contributed by atoms with Crippen LogP contribution in [-0.2, 0) is 0 Å². The quantitative estimate of drug-likeness (QED) is 0.0527. The van der Waals surface area contributed by atoms with Crippen LogP contribution in [0.1, 0.15) is 114 Å². The minimum absolute atomic E-state index is 0.240. The summed E-state index contributed by atoms with van der Waals surface area (Å²) < 4.78 is 10.9. The number of hydrogen-bond donors (Lipinski definition) is 1. The standard InChI is InChI=1S/C44H44N2O6/c1-4-5-6-7-8-9-10-11-12-13-22-45-41(47)33-18-14-29-31-16-20-35-40-36(44(50)46(43(35)49)26-23-27(51-2)25-28(24-26)52-3)21-17-32(38(31)40)30-15-19-34(42(45)48)39(33)37(29)30/h14-21,23-25,43,49H,4-13,22H2,1-3H3. The number of rotatable bonds is 14. The molecule has 0 bridgehead atoms. The number of benzene rings is 6. The Hall–Kier alpha value is -5.21. The summed E-state index contributed by atoms with van der Waals surface area (Å²) in [5, 5.41) is 18.5. The average molecular weight is 697 g/mol. The molecule has 2 heterocycles. The molecule has 266 valence electrons. The summed E-state index contributed by atoms with van der Waals surface area (Å²) >= 11 is 0. The Morgan fingerprint density at radius 1 is 0.558 bits per heavy atom. The number of methoxy groups -OCH3 is 2. The average Bonchev–Trinajstić information content (AvgIpc) is 3.17. The maximum absolute atomic E-state index is 14.2. The molecule has 6 aromatic rings. The Kier molecular flexibility index (Phi) is 8.95. The minimum Gasteiger partial charge on any atom is -0.497 e. The summed E-state index contributed by atoms with van der Waals surface area (Å²) in [5.41, 5.74) is 2.63. The molecular weight excluding hydrogens is 652 g/mol. The number of unbranched alkanes of at least 4 members (excludes halogenated alkanes) is 9. The van der Waals surface area contributed by atoms with Gasteiger partial charge in [-0.25, -0.2) is 0 Å². The van der Waals surface area contributed by atoms with Gasteiger partial charge in [-0.3, -0.25) is 24.2 Å². The first-order valence-corrected chi connectivity index (χ1v) is 18.7. The fraction of sp³-hybridized carbons (Fsp3) is 0.341. The number of nitrogens with zero attached hydrogens (tertiary/aromatic N) is 2. The predicted octanol–water partition coefficient (Wildman–Crippen LogP) is 9.92. The van der Waals surface area contributed by atoms with Crippen LogP contribution >= 0.6 is 0 Å². The molecule has 0 aromatic heterocycles. The SMILES string of the molecule is CCCCCCCCCCCCN1C(=O)c2ccc3c4ccc5c6c(ccc(c7ccc(c2c37)C1=O)c64)C(O)N(c1cc(OC)cc(OC)c1)C5=O. The molecule has 1 atom stereocenters. The lowest BCUT2D eigenvalue weighted by molar-refractivity contribution is 0.0607. The van der Waals surface area contributed by atoms with Crippen molar-refractivity contribution in [1.29, 1.82) is 0 Å². The molecule has 3 amide bonds. The highest BCUT2D eigenvalue weighted by atomic mass is 16.5. The Morgan fingerprint density at radius 2 is 1.02 bits per heavy atom. The van der Waals surface area contributed by atoms with Crippen molar-refractivity contribution in [1.82, 2.24) is 4.90 Å². The summed E-state index contributed by atoms with van der Waals surface area (Å²) in [6, 6.07) is 20.4. The zero-order valence-corrected chi connectivity index (χ0v) is 30.1. The van der Waals surface area contributed by atoms with E-state index in [0.717, 1.165) is 51.6 Å². The number of aliphatic hydroxyl groups is 1. The van der Waals surface area contributed by atoms with E-state index in [4.69, 9.17) is 9.47 Å². The van der Waals surface area contributed by atoms with Crippen molar-refractivity contribution < 1.29 is 29.0 Å². The van der Waals surface area contributed by atoms with Gasteiger partial charge < -0.3 is 14.6 Å². The highest BCUT2D eigenvalue weighted by molar-refractivity contribution is 6.39. The highest BCUT2D eigenvalue weighted by Gasteiger charge is 2.37.